The third-order valence-electron chi connectivity index (χ3n) is 4.15. The molecule has 4 rings (SSSR count). The van der Waals surface area contributed by atoms with Gasteiger partial charge in [-0.1, -0.05) is 78.9 Å². The lowest BCUT2D eigenvalue weighted by atomic mass is 9.84. The minimum Gasteiger partial charge on any atom is -0.473 e. The summed E-state index contributed by atoms with van der Waals surface area (Å²) in [5.74, 6) is 0.923. The molecule has 0 spiro atoms. The van der Waals surface area contributed by atoms with Crippen molar-refractivity contribution in [2.24, 2.45) is 0 Å². The molecule has 1 aliphatic rings. The molecule has 3 aromatic rings. The minimum atomic E-state index is -0.590. The predicted octanol–water partition coefficient (Wildman–Crippen LogP) is 5.80. The zero-order valence-corrected chi connectivity index (χ0v) is 14.6. The maximum Gasteiger partial charge on any atom is 0.179 e. The zero-order chi connectivity index (χ0) is 15.7. The van der Waals surface area contributed by atoms with Gasteiger partial charge in [0.15, 0.2) is 5.60 Å². The van der Waals surface area contributed by atoms with Gasteiger partial charge in [0, 0.05) is 20.3 Å². The van der Waals surface area contributed by atoms with Crippen LogP contribution in [-0.4, -0.2) is 0 Å². The van der Waals surface area contributed by atoms with Crippen LogP contribution in [0.15, 0.2) is 91.0 Å². The molecule has 1 heterocycles. The highest BCUT2D eigenvalue weighted by atomic mass is 127. The Balaban J connectivity index is 1.98. The van der Waals surface area contributed by atoms with Crippen LogP contribution in [0.2, 0.25) is 0 Å². The first-order chi connectivity index (χ1) is 11.3. The molecule has 23 heavy (non-hydrogen) atoms. The minimum absolute atomic E-state index is 0.590. The molecule has 0 atom stereocenters. The summed E-state index contributed by atoms with van der Waals surface area (Å²) in [6, 6.07) is 29.0. The SMILES string of the molecule is IC1=CC(c2ccccc2)(c2ccccc2)Oc2ccccc21. The quantitative estimate of drug-likeness (QED) is 0.486. The van der Waals surface area contributed by atoms with E-state index in [1.165, 1.54) is 3.58 Å². The van der Waals surface area contributed by atoms with E-state index in [1.807, 2.05) is 30.3 Å². The number of ether oxygens (including phenoxy) is 1. The van der Waals surface area contributed by atoms with Gasteiger partial charge in [-0.3, -0.25) is 0 Å². The zero-order valence-electron chi connectivity index (χ0n) is 12.4. The third-order valence-corrected chi connectivity index (χ3v) is 5.04. The summed E-state index contributed by atoms with van der Waals surface area (Å²) in [4.78, 5) is 0. The Labute approximate surface area is 149 Å². The number of rotatable bonds is 2. The van der Waals surface area contributed by atoms with E-state index < -0.39 is 5.60 Å². The summed E-state index contributed by atoms with van der Waals surface area (Å²) in [5, 5.41) is 0. The largest absolute Gasteiger partial charge is 0.473 e. The van der Waals surface area contributed by atoms with Gasteiger partial charge >= 0.3 is 0 Å². The number of benzene rings is 3. The summed E-state index contributed by atoms with van der Waals surface area (Å²) in [7, 11) is 0. The van der Waals surface area contributed by atoms with E-state index in [-0.39, 0.29) is 0 Å². The second-order valence-corrected chi connectivity index (χ2v) is 6.72. The molecular formula is C21H15IO. The highest BCUT2D eigenvalue weighted by Gasteiger charge is 2.38. The van der Waals surface area contributed by atoms with Gasteiger partial charge in [-0.25, -0.2) is 0 Å². The van der Waals surface area contributed by atoms with Gasteiger partial charge in [0.05, 0.1) is 0 Å². The van der Waals surface area contributed by atoms with Crippen molar-refractivity contribution in [2.75, 3.05) is 0 Å². The predicted molar refractivity (Wildman–Crippen MR) is 103 cm³/mol. The van der Waals surface area contributed by atoms with Crippen LogP contribution >= 0.6 is 22.6 Å². The second-order valence-electron chi connectivity index (χ2n) is 5.56. The monoisotopic (exact) mass is 410 g/mol. The molecular weight excluding hydrogens is 395 g/mol. The molecule has 0 saturated carbocycles. The van der Waals surface area contributed by atoms with Crippen molar-refractivity contribution in [1.82, 2.24) is 0 Å². The van der Waals surface area contributed by atoms with E-state index in [0.717, 1.165) is 22.4 Å². The van der Waals surface area contributed by atoms with Crippen molar-refractivity contribution in [3.05, 3.63) is 108 Å². The molecule has 0 aliphatic carbocycles. The smallest absolute Gasteiger partial charge is 0.179 e. The fourth-order valence-corrected chi connectivity index (χ4v) is 3.92. The highest BCUT2D eigenvalue weighted by molar-refractivity contribution is 14.1. The van der Waals surface area contributed by atoms with Crippen LogP contribution in [0.4, 0.5) is 0 Å². The van der Waals surface area contributed by atoms with Crippen molar-refractivity contribution >= 4 is 26.2 Å². The lowest BCUT2D eigenvalue weighted by Crippen LogP contribution is -2.34. The van der Waals surface area contributed by atoms with Gasteiger partial charge in [0.1, 0.15) is 5.75 Å². The molecule has 0 fully saturated rings. The highest BCUT2D eigenvalue weighted by Crippen LogP contribution is 2.46. The van der Waals surface area contributed by atoms with Gasteiger partial charge in [-0.15, -0.1) is 0 Å². The van der Waals surface area contributed by atoms with E-state index in [1.54, 1.807) is 0 Å². The van der Waals surface area contributed by atoms with Gasteiger partial charge in [-0.2, -0.15) is 0 Å². The van der Waals surface area contributed by atoms with Crippen LogP contribution < -0.4 is 4.74 Å². The normalized spacial score (nSPS) is 15.3. The van der Waals surface area contributed by atoms with Gasteiger partial charge < -0.3 is 4.74 Å². The molecule has 1 aliphatic heterocycles. The number of halogens is 1. The van der Waals surface area contributed by atoms with Crippen LogP contribution in [0.5, 0.6) is 5.75 Å². The van der Waals surface area contributed by atoms with E-state index in [0.29, 0.717) is 0 Å². The summed E-state index contributed by atoms with van der Waals surface area (Å²) >= 11 is 2.41. The maximum absolute atomic E-state index is 6.58. The number of fused-ring (bicyclic) bond motifs is 1. The van der Waals surface area contributed by atoms with E-state index >= 15 is 0 Å². The molecule has 0 N–H and O–H groups in total. The third kappa shape index (κ3) is 2.47. The van der Waals surface area contributed by atoms with Crippen LogP contribution in [0.1, 0.15) is 16.7 Å². The Morgan fingerprint density at radius 3 is 1.78 bits per heavy atom. The topological polar surface area (TPSA) is 9.23 Å². The van der Waals surface area contributed by atoms with Crippen LogP contribution in [0.3, 0.4) is 0 Å². The molecule has 1 nitrogen and oxygen atoms in total. The van der Waals surface area contributed by atoms with Crippen molar-refractivity contribution in [2.45, 2.75) is 5.60 Å². The molecule has 0 bridgehead atoms. The molecule has 0 amide bonds. The lowest BCUT2D eigenvalue weighted by molar-refractivity contribution is 0.161. The first-order valence-corrected chi connectivity index (χ1v) is 8.65. The summed E-state index contributed by atoms with van der Waals surface area (Å²) in [5.41, 5.74) is 2.83. The lowest BCUT2D eigenvalue weighted by Gasteiger charge is -2.37. The fourth-order valence-electron chi connectivity index (χ4n) is 3.03. The number of para-hydroxylation sites is 1. The fraction of sp³-hybridized carbons (Fsp3) is 0.0476. The molecule has 0 radical (unpaired) electrons. The Morgan fingerprint density at radius 2 is 1.17 bits per heavy atom. The molecule has 0 unspecified atom stereocenters. The molecule has 3 aromatic carbocycles. The van der Waals surface area contributed by atoms with E-state index in [4.69, 9.17) is 4.74 Å². The van der Waals surface area contributed by atoms with Gasteiger partial charge in [-0.05, 0) is 34.7 Å². The van der Waals surface area contributed by atoms with Crippen LogP contribution in [0, 0.1) is 0 Å². The van der Waals surface area contributed by atoms with Gasteiger partial charge in [0.2, 0.25) is 0 Å². The van der Waals surface area contributed by atoms with Crippen molar-refractivity contribution in [3.8, 4) is 5.75 Å². The van der Waals surface area contributed by atoms with Crippen molar-refractivity contribution in [1.29, 1.82) is 0 Å². The van der Waals surface area contributed by atoms with Crippen LogP contribution in [0.25, 0.3) is 3.58 Å². The molecule has 2 heteroatoms. The van der Waals surface area contributed by atoms with Crippen molar-refractivity contribution in [3.63, 3.8) is 0 Å². The second kappa shape index (κ2) is 5.85. The maximum atomic E-state index is 6.58. The summed E-state index contributed by atoms with van der Waals surface area (Å²) < 4.78 is 7.79. The first-order valence-electron chi connectivity index (χ1n) is 7.57. The Kier molecular flexibility index (Phi) is 3.69. The Hall–Kier alpha value is -2.07. The molecule has 112 valence electrons. The average molecular weight is 410 g/mol. The number of hydrogen-bond donors (Lipinski definition) is 0. The molecule has 0 saturated heterocycles. The standard InChI is InChI=1S/C21H15IO/c22-19-15-21(16-9-3-1-4-10-16,17-11-5-2-6-12-17)23-20-14-8-7-13-18(19)20/h1-15H. The van der Waals surface area contributed by atoms with Gasteiger partial charge in [0.25, 0.3) is 0 Å². The summed E-state index contributed by atoms with van der Waals surface area (Å²) in [6.45, 7) is 0. The average Bonchev–Trinajstić information content (AvgIpc) is 2.63. The first kappa shape index (κ1) is 14.5. The van der Waals surface area contributed by atoms with Crippen molar-refractivity contribution < 1.29 is 4.74 Å². The summed E-state index contributed by atoms with van der Waals surface area (Å²) in [6.07, 6.45) is 2.22. The Bertz CT molecular complexity index is 814. The van der Waals surface area contributed by atoms with Crippen LogP contribution in [-0.2, 0) is 5.60 Å². The van der Waals surface area contributed by atoms with E-state index in [9.17, 15) is 0 Å². The molecule has 0 aromatic heterocycles. The Morgan fingerprint density at radius 1 is 0.652 bits per heavy atom. The van der Waals surface area contributed by atoms with E-state index in [2.05, 4.69) is 83.3 Å². The number of hydrogen-bond acceptors (Lipinski definition) is 1.